The lowest BCUT2D eigenvalue weighted by molar-refractivity contribution is -0.164. The number of unbranched alkanes of at least 4 members (excludes halogenated alkanes) is 2. The van der Waals surface area contributed by atoms with Crippen molar-refractivity contribution in [1.29, 1.82) is 0 Å². The minimum Gasteiger partial charge on any atom is -0.458 e. The minimum absolute atomic E-state index is 0.0215. The van der Waals surface area contributed by atoms with Gasteiger partial charge in [-0.15, -0.1) is 0 Å². The number of aliphatic hydroxyl groups excluding tert-OH is 1. The van der Waals surface area contributed by atoms with Crippen LogP contribution in [0, 0.1) is 16.7 Å². The molecule has 6 heteroatoms. The van der Waals surface area contributed by atoms with Crippen LogP contribution >= 0.6 is 0 Å². The molecule has 0 saturated heterocycles. The molecule has 5 atom stereocenters. The number of allylic oxidation sites excluding steroid dienone is 5. The lowest BCUT2D eigenvalue weighted by atomic mass is 9.53. The van der Waals surface area contributed by atoms with Gasteiger partial charge in [0, 0.05) is 17.3 Å². The number of rotatable bonds is 7. The first-order valence-electron chi connectivity index (χ1n) is 12.3. The molecule has 0 spiro atoms. The quantitative estimate of drug-likeness (QED) is 0.344. The predicted octanol–water partition coefficient (Wildman–Crippen LogP) is 3.75. The summed E-state index contributed by atoms with van der Waals surface area (Å²) in [5.74, 6) is -0.938. The summed E-state index contributed by atoms with van der Waals surface area (Å²) in [5.41, 5.74) is 0.108. The van der Waals surface area contributed by atoms with Crippen molar-refractivity contribution < 1.29 is 29.3 Å². The summed E-state index contributed by atoms with van der Waals surface area (Å²) in [6, 6.07) is 0. The molecule has 0 aromatic heterocycles. The van der Waals surface area contributed by atoms with Crippen molar-refractivity contribution in [2.24, 2.45) is 16.7 Å². The van der Waals surface area contributed by atoms with Crippen molar-refractivity contribution in [3.05, 3.63) is 34.9 Å². The summed E-state index contributed by atoms with van der Waals surface area (Å²) in [4.78, 5) is 37.1. The first-order chi connectivity index (χ1) is 15.6. The average Bonchev–Trinajstić information content (AvgIpc) is 3.03. The molecule has 0 aromatic carbocycles. The smallest absolute Gasteiger partial charge is 0.306 e. The molecule has 180 valence electrons. The first kappa shape index (κ1) is 24.1. The number of carbonyl (C=O) groups is 3. The number of esters is 1. The second-order valence-corrected chi connectivity index (χ2v) is 10.7. The Morgan fingerprint density at radius 2 is 1.97 bits per heavy atom. The highest BCUT2D eigenvalue weighted by Crippen LogP contribution is 2.64. The zero-order valence-corrected chi connectivity index (χ0v) is 20.0. The van der Waals surface area contributed by atoms with Crippen LogP contribution in [0.3, 0.4) is 0 Å². The standard InChI is InChI=1S/C27H36O6/c1-4-5-6-7-23(31)33-16-22(30)27(32)13-11-20-19-9-8-17-14-18(28)10-12-25(17,2)24(19)21(29)15-26(20,27)3/h10,12,14,20-21,29,32H,4-9,11,13,15-16H2,1-3H3/t20-,21-,25-,26-,27-/m0/s1. The van der Waals surface area contributed by atoms with Crippen molar-refractivity contribution in [1.82, 2.24) is 0 Å². The monoisotopic (exact) mass is 456 g/mol. The van der Waals surface area contributed by atoms with Gasteiger partial charge >= 0.3 is 5.97 Å². The fourth-order valence-corrected chi connectivity index (χ4v) is 6.91. The number of aliphatic hydroxyl groups is 2. The minimum atomic E-state index is -1.64. The summed E-state index contributed by atoms with van der Waals surface area (Å²) in [7, 11) is 0. The van der Waals surface area contributed by atoms with Gasteiger partial charge in [-0.2, -0.15) is 0 Å². The molecular weight excluding hydrogens is 420 g/mol. The molecule has 0 amide bonds. The second-order valence-electron chi connectivity index (χ2n) is 10.7. The summed E-state index contributed by atoms with van der Waals surface area (Å²) in [6.07, 6.45) is 9.91. The fourth-order valence-electron chi connectivity index (χ4n) is 6.91. The number of Topliss-reactive ketones (excluding diaryl/α,β-unsaturated/α-hetero) is 1. The van der Waals surface area contributed by atoms with E-state index in [1.54, 1.807) is 12.2 Å². The number of ketones is 2. The summed E-state index contributed by atoms with van der Waals surface area (Å²) in [6.45, 7) is 5.56. The highest BCUT2D eigenvalue weighted by molar-refractivity contribution is 6.01. The second kappa shape index (κ2) is 8.62. The van der Waals surface area contributed by atoms with Crippen LogP contribution in [0.1, 0.15) is 78.6 Å². The molecule has 0 bridgehead atoms. The maximum atomic E-state index is 13.2. The van der Waals surface area contributed by atoms with E-state index in [9.17, 15) is 24.6 Å². The maximum absolute atomic E-state index is 13.2. The van der Waals surface area contributed by atoms with Crippen molar-refractivity contribution >= 4 is 17.5 Å². The summed E-state index contributed by atoms with van der Waals surface area (Å²) >= 11 is 0. The van der Waals surface area contributed by atoms with E-state index >= 15 is 0 Å². The molecule has 4 aliphatic carbocycles. The molecule has 0 aliphatic heterocycles. The normalized spacial score (nSPS) is 37.2. The van der Waals surface area contributed by atoms with E-state index < -0.39 is 40.9 Å². The van der Waals surface area contributed by atoms with E-state index in [1.807, 2.05) is 19.9 Å². The van der Waals surface area contributed by atoms with Gasteiger partial charge in [0.25, 0.3) is 0 Å². The Bertz CT molecular complexity index is 958. The zero-order chi connectivity index (χ0) is 24.0. The van der Waals surface area contributed by atoms with E-state index in [0.29, 0.717) is 12.8 Å². The molecular formula is C27H36O6. The van der Waals surface area contributed by atoms with Crippen LogP contribution < -0.4 is 0 Å². The van der Waals surface area contributed by atoms with Crippen LogP contribution in [0.2, 0.25) is 0 Å². The molecule has 0 heterocycles. The summed E-state index contributed by atoms with van der Waals surface area (Å²) in [5, 5.41) is 23.0. The van der Waals surface area contributed by atoms with Gasteiger partial charge in [0.15, 0.2) is 12.4 Å². The van der Waals surface area contributed by atoms with Gasteiger partial charge < -0.3 is 14.9 Å². The maximum Gasteiger partial charge on any atom is 0.306 e. The van der Waals surface area contributed by atoms with Crippen molar-refractivity contribution in [2.45, 2.75) is 90.3 Å². The van der Waals surface area contributed by atoms with Gasteiger partial charge in [0.1, 0.15) is 5.60 Å². The molecule has 6 nitrogen and oxygen atoms in total. The van der Waals surface area contributed by atoms with Crippen molar-refractivity contribution in [2.75, 3.05) is 6.61 Å². The van der Waals surface area contributed by atoms with Crippen LogP contribution in [-0.4, -0.2) is 46.1 Å². The van der Waals surface area contributed by atoms with E-state index in [2.05, 4.69) is 6.92 Å². The SMILES string of the molecule is CCCCCC(=O)OCC(=O)[C@@]1(O)CC[C@H]2C3=C([C@@H](O)C[C@@]21C)[C@@]1(C)C=CC(=O)C=C1CC3. The topological polar surface area (TPSA) is 101 Å². The molecule has 1 fully saturated rings. The Morgan fingerprint density at radius 3 is 2.70 bits per heavy atom. The Morgan fingerprint density at radius 1 is 1.21 bits per heavy atom. The molecule has 33 heavy (non-hydrogen) atoms. The lowest BCUT2D eigenvalue weighted by Gasteiger charge is -2.53. The third-order valence-electron chi connectivity index (χ3n) is 8.82. The van der Waals surface area contributed by atoms with Gasteiger partial charge in [0.05, 0.1) is 6.10 Å². The van der Waals surface area contributed by atoms with Gasteiger partial charge in [-0.25, -0.2) is 0 Å². The molecule has 0 aromatic rings. The van der Waals surface area contributed by atoms with Gasteiger partial charge in [-0.1, -0.05) is 43.9 Å². The number of hydrogen-bond donors (Lipinski definition) is 2. The third-order valence-corrected chi connectivity index (χ3v) is 8.82. The fraction of sp³-hybridized carbons (Fsp3) is 0.667. The van der Waals surface area contributed by atoms with Crippen LogP contribution in [0.25, 0.3) is 0 Å². The van der Waals surface area contributed by atoms with Crippen LogP contribution in [0.5, 0.6) is 0 Å². The zero-order valence-electron chi connectivity index (χ0n) is 20.0. The Hall–Kier alpha value is -2.05. The molecule has 0 unspecified atom stereocenters. The Kier molecular flexibility index (Phi) is 6.29. The number of carbonyl (C=O) groups excluding carboxylic acids is 3. The molecule has 1 saturated carbocycles. The Balaban J connectivity index is 1.57. The number of fused-ring (bicyclic) bond motifs is 4. The average molecular weight is 457 g/mol. The van der Waals surface area contributed by atoms with Crippen LogP contribution in [0.15, 0.2) is 34.9 Å². The van der Waals surface area contributed by atoms with Crippen LogP contribution in [0.4, 0.5) is 0 Å². The van der Waals surface area contributed by atoms with E-state index in [4.69, 9.17) is 4.74 Å². The van der Waals surface area contributed by atoms with Crippen molar-refractivity contribution in [3.8, 4) is 0 Å². The molecule has 0 radical (unpaired) electrons. The van der Waals surface area contributed by atoms with Crippen molar-refractivity contribution in [3.63, 3.8) is 0 Å². The van der Waals surface area contributed by atoms with Gasteiger partial charge in [-0.3, -0.25) is 14.4 Å². The van der Waals surface area contributed by atoms with Gasteiger partial charge in [0.2, 0.25) is 5.78 Å². The first-order valence-corrected chi connectivity index (χ1v) is 12.3. The molecule has 2 N–H and O–H groups in total. The highest BCUT2D eigenvalue weighted by Gasteiger charge is 2.65. The summed E-state index contributed by atoms with van der Waals surface area (Å²) < 4.78 is 5.21. The Labute approximate surface area is 195 Å². The highest BCUT2D eigenvalue weighted by atomic mass is 16.5. The number of ether oxygens (including phenoxy) is 1. The molecule has 4 rings (SSSR count). The van der Waals surface area contributed by atoms with Crippen LogP contribution in [-0.2, 0) is 19.1 Å². The number of hydrogen-bond acceptors (Lipinski definition) is 6. The largest absolute Gasteiger partial charge is 0.458 e. The molecule has 4 aliphatic rings. The predicted molar refractivity (Wildman–Crippen MR) is 123 cm³/mol. The lowest BCUT2D eigenvalue weighted by Crippen LogP contribution is -2.57. The van der Waals surface area contributed by atoms with Gasteiger partial charge in [-0.05, 0) is 69.1 Å². The van der Waals surface area contributed by atoms with E-state index in [0.717, 1.165) is 42.4 Å². The third kappa shape index (κ3) is 3.75. The van der Waals surface area contributed by atoms with E-state index in [-0.39, 0.29) is 31.0 Å². The van der Waals surface area contributed by atoms with E-state index in [1.165, 1.54) is 0 Å².